The zero-order valence-electron chi connectivity index (χ0n) is 20.8. The van der Waals surface area contributed by atoms with E-state index in [9.17, 15) is 4.79 Å². The van der Waals surface area contributed by atoms with Gasteiger partial charge in [-0.05, 0) is 42.9 Å². The maximum Gasteiger partial charge on any atom is 0.305 e. The van der Waals surface area contributed by atoms with E-state index in [0.717, 1.165) is 29.8 Å². The molecule has 194 valence electrons. The van der Waals surface area contributed by atoms with Crippen molar-refractivity contribution in [3.8, 4) is 11.7 Å². The summed E-state index contributed by atoms with van der Waals surface area (Å²) in [7, 11) is 1.87. The molecule has 12 heteroatoms. The molecular formula is C25H30N8O4. The fourth-order valence-electron chi connectivity index (χ4n) is 4.90. The zero-order chi connectivity index (χ0) is 25.8. The number of aryl methyl sites for hydroxylation is 1. The third-order valence-corrected chi connectivity index (χ3v) is 6.81. The summed E-state index contributed by atoms with van der Waals surface area (Å²) in [5.41, 5.74) is 2.99. The van der Waals surface area contributed by atoms with Gasteiger partial charge in [0.05, 0.1) is 18.2 Å². The van der Waals surface area contributed by atoms with Crippen LogP contribution in [0.4, 0.5) is 0 Å². The predicted molar refractivity (Wildman–Crippen MR) is 131 cm³/mol. The molecule has 3 aromatic heterocycles. The van der Waals surface area contributed by atoms with Crippen molar-refractivity contribution in [1.29, 1.82) is 0 Å². The molecule has 5 rings (SSSR count). The average Bonchev–Trinajstić information content (AvgIpc) is 3.57. The molecule has 0 bridgehead atoms. The number of pyridine rings is 1. The standard InChI is InChI=1S/C25H30N8O4/c1-3-19-18(16-7-10-36-17(11-16)12-24(34)35)5-6-20(29-19)25-21(32(2)31-30-25)14-37-23-13-22(26-15-27-23)33-9-4-8-28-33/h4-6,8-9,13,15-17,21,25H,3,7,10-12,14H2,1-2H3,(H,34,35). The molecule has 37 heavy (non-hydrogen) atoms. The van der Waals surface area contributed by atoms with Gasteiger partial charge < -0.3 is 14.6 Å². The van der Waals surface area contributed by atoms with Crippen molar-refractivity contribution in [3.63, 3.8) is 0 Å². The quantitative estimate of drug-likeness (QED) is 0.463. The van der Waals surface area contributed by atoms with Gasteiger partial charge in [0.15, 0.2) is 5.82 Å². The van der Waals surface area contributed by atoms with Crippen LogP contribution in [0.1, 0.15) is 55.1 Å². The van der Waals surface area contributed by atoms with Crippen molar-refractivity contribution in [1.82, 2.24) is 29.7 Å². The molecule has 0 aliphatic carbocycles. The highest BCUT2D eigenvalue weighted by Crippen LogP contribution is 2.36. The van der Waals surface area contributed by atoms with Gasteiger partial charge in [-0.2, -0.15) is 10.2 Å². The number of hydrogen-bond donors (Lipinski definition) is 1. The molecule has 0 spiro atoms. The summed E-state index contributed by atoms with van der Waals surface area (Å²) < 4.78 is 13.3. The van der Waals surface area contributed by atoms with Crippen LogP contribution in [0.15, 0.2) is 53.3 Å². The molecule has 1 N–H and O–H groups in total. The molecule has 0 amide bonds. The van der Waals surface area contributed by atoms with Gasteiger partial charge in [0, 0.05) is 37.8 Å². The molecule has 12 nitrogen and oxygen atoms in total. The minimum atomic E-state index is -0.835. The Bertz CT molecular complexity index is 1250. The number of aliphatic carboxylic acids is 1. The van der Waals surface area contributed by atoms with Crippen molar-refractivity contribution in [2.24, 2.45) is 10.3 Å². The minimum Gasteiger partial charge on any atom is -0.481 e. The van der Waals surface area contributed by atoms with E-state index in [1.165, 1.54) is 6.33 Å². The number of rotatable bonds is 9. The summed E-state index contributed by atoms with van der Waals surface area (Å²) in [5.74, 6) is 0.443. The van der Waals surface area contributed by atoms with E-state index < -0.39 is 5.97 Å². The average molecular weight is 507 g/mol. The summed E-state index contributed by atoms with van der Waals surface area (Å²) >= 11 is 0. The van der Waals surface area contributed by atoms with E-state index in [1.54, 1.807) is 28.2 Å². The monoisotopic (exact) mass is 506 g/mol. The second-order valence-corrected chi connectivity index (χ2v) is 9.20. The largest absolute Gasteiger partial charge is 0.481 e. The van der Waals surface area contributed by atoms with Crippen molar-refractivity contribution >= 4 is 5.97 Å². The Balaban J connectivity index is 1.30. The Labute approximate surface area is 214 Å². The van der Waals surface area contributed by atoms with E-state index in [-0.39, 0.29) is 30.5 Å². The van der Waals surface area contributed by atoms with E-state index >= 15 is 0 Å². The Morgan fingerprint density at radius 1 is 1.30 bits per heavy atom. The van der Waals surface area contributed by atoms with Crippen molar-refractivity contribution in [2.75, 3.05) is 20.3 Å². The summed E-state index contributed by atoms with van der Waals surface area (Å²) in [4.78, 5) is 24.6. The lowest BCUT2D eigenvalue weighted by Crippen LogP contribution is -2.34. The van der Waals surface area contributed by atoms with Gasteiger partial charge in [-0.25, -0.2) is 14.6 Å². The van der Waals surface area contributed by atoms with Gasteiger partial charge >= 0.3 is 5.97 Å². The first-order valence-electron chi connectivity index (χ1n) is 12.4. The lowest BCUT2D eigenvalue weighted by molar-refractivity contribution is -0.141. The first-order chi connectivity index (χ1) is 18.0. The fourth-order valence-corrected chi connectivity index (χ4v) is 4.90. The molecule has 4 atom stereocenters. The molecule has 2 aliphatic rings. The number of hydrogen-bond acceptors (Lipinski definition) is 10. The normalized spacial score (nSPS) is 23.4. The van der Waals surface area contributed by atoms with Crippen molar-refractivity contribution in [2.45, 2.75) is 56.7 Å². The van der Waals surface area contributed by atoms with Gasteiger partial charge in [-0.15, -0.1) is 0 Å². The Morgan fingerprint density at radius 3 is 2.97 bits per heavy atom. The maximum absolute atomic E-state index is 11.2. The zero-order valence-corrected chi connectivity index (χ0v) is 20.8. The minimum absolute atomic E-state index is 0.0235. The van der Waals surface area contributed by atoms with Crippen LogP contribution >= 0.6 is 0 Å². The smallest absolute Gasteiger partial charge is 0.305 e. The Hall–Kier alpha value is -3.93. The first kappa shape index (κ1) is 24.8. The highest BCUT2D eigenvalue weighted by atomic mass is 16.5. The van der Waals surface area contributed by atoms with E-state index in [4.69, 9.17) is 19.6 Å². The molecular weight excluding hydrogens is 476 g/mol. The predicted octanol–water partition coefficient (Wildman–Crippen LogP) is 3.16. The summed E-state index contributed by atoms with van der Waals surface area (Å²) in [5, 5.41) is 23.9. The van der Waals surface area contributed by atoms with Crippen LogP contribution in [0.25, 0.3) is 5.82 Å². The molecule has 3 aromatic rings. The van der Waals surface area contributed by atoms with E-state index in [0.29, 0.717) is 31.3 Å². The molecule has 0 aromatic carbocycles. The molecule has 2 aliphatic heterocycles. The molecule has 0 radical (unpaired) electrons. The first-order valence-corrected chi connectivity index (χ1v) is 12.4. The number of likely N-dealkylation sites (N-methyl/N-ethyl adjacent to an activating group) is 1. The van der Waals surface area contributed by atoms with Gasteiger partial charge in [-0.3, -0.25) is 14.8 Å². The highest BCUT2D eigenvalue weighted by molar-refractivity contribution is 5.67. The molecule has 4 unspecified atom stereocenters. The molecule has 0 saturated carbocycles. The fraction of sp³-hybridized carbons (Fsp3) is 0.480. The van der Waals surface area contributed by atoms with E-state index in [2.05, 4.69) is 38.4 Å². The number of carboxylic acid groups (broad SMARTS) is 1. The Morgan fingerprint density at radius 2 is 2.19 bits per heavy atom. The number of carboxylic acids is 1. The number of ether oxygens (including phenoxy) is 2. The van der Waals surface area contributed by atoms with Crippen LogP contribution in [0.3, 0.4) is 0 Å². The van der Waals surface area contributed by atoms with Gasteiger partial charge in [0.2, 0.25) is 5.88 Å². The second-order valence-electron chi connectivity index (χ2n) is 9.20. The van der Waals surface area contributed by atoms with Crippen LogP contribution in [-0.4, -0.2) is 73.2 Å². The van der Waals surface area contributed by atoms with Crippen LogP contribution in [0.5, 0.6) is 5.88 Å². The lowest BCUT2D eigenvalue weighted by atomic mass is 9.86. The Kier molecular flexibility index (Phi) is 7.35. The van der Waals surface area contributed by atoms with E-state index in [1.807, 2.05) is 19.2 Å². The van der Waals surface area contributed by atoms with Crippen LogP contribution in [0, 0.1) is 0 Å². The van der Waals surface area contributed by atoms with Crippen LogP contribution < -0.4 is 4.74 Å². The maximum atomic E-state index is 11.2. The highest BCUT2D eigenvalue weighted by Gasteiger charge is 2.35. The van der Waals surface area contributed by atoms with Crippen LogP contribution in [0.2, 0.25) is 0 Å². The SMILES string of the molecule is CCc1nc(C2N=NN(C)C2COc2cc(-n3cccn3)ncn2)ccc1C1CCOC(CC(=O)O)C1. The molecule has 5 heterocycles. The number of carbonyl (C=O) groups is 1. The number of aromatic nitrogens is 5. The number of nitrogens with zero attached hydrogens (tertiary/aromatic N) is 8. The van der Waals surface area contributed by atoms with Crippen molar-refractivity contribution < 1.29 is 19.4 Å². The van der Waals surface area contributed by atoms with Crippen LogP contribution in [-0.2, 0) is 16.0 Å². The van der Waals surface area contributed by atoms with Gasteiger partial charge in [0.1, 0.15) is 25.0 Å². The topological polar surface area (TPSA) is 140 Å². The van der Waals surface area contributed by atoms with Gasteiger partial charge in [0.25, 0.3) is 0 Å². The third kappa shape index (κ3) is 5.58. The third-order valence-electron chi connectivity index (χ3n) is 6.81. The summed E-state index contributed by atoms with van der Waals surface area (Å²) in [6.45, 7) is 2.95. The lowest BCUT2D eigenvalue weighted by Gasteiger charge is -2.30. The summed E-state index contributed by atoms with van der Waals surface area (Å²) in [6, 6.07) is 7.23. The summed E-state index contributed by atoms with van der Waals surface area (Å²) in [6.07, 6.45) is 6.99. The second kappa shape index (κ2) is 11.0. The van der Waals surface area contributed by atoms with Crippen molar-refractivity contribution in [3.05, 3.63) is 59.9 Å². The molecule has 1 saturated heterocycles. The molecule has 1 fully saturated rings. The van der Waals surface area contributed by atoms with Gasteiger partial charge in [-0.1, -0.05) is 18.2 Å².